The number of fused-ring (bicyclic) bond motifs is 1. The smallest absolute Gasteiger partial charge is 0.335 e. The fourth-order valence-electron chi connectivity index (χ4n) is 5.84. The molecule has 13 heteroatoms. The number of ether oxygens (including phenoxy) is 2. The number of hydrogen-bond donors (Lipinski definition) is 4. The molecule has 0 fully saturated rings. The molecule has 4 atom stereocenters. The summed E-state index contributed by atoms with van der Waals surface area (Å²) in [6.45, 7) is 11.0. The number of aliphatic hydroxyl groups excluding tert-OH is 1. The summed E-state index contributed by atoms with van der Waals surface area (Å²) >= 11 is 0. The van der Waals surface area contributed by atoms with E-state index in [1.54, 1.807) is 56.0 Å². The fourth-order valence-corrected chi connectivity index (χ4v) is 5.84. The Bertz CT molecular complexity index is 1560. The number of carbonyl (C=O) groups is 3. The molecule has 3 amide bonds. The van der Waals surface area contributed by atoms with Gasteiger partial charge in [0, 0.05) is 37.8 Å². The zero-order valence-electron chi connectivity index (χ0n) is 29.2. The third-order valence-corrected chi connectivity index (χ3v) is 8.73. The number of carbonyl (C=O) groups excluding carboxylic acids is 2. The average molecular weight is 680 g/mol. The predicted octanol–water partition coefficient (Wildman–Crippen LogP) is 5.56. The minimum atomic E-state index is -0.965. The van der Waals surface area contributed by atoms with E-state index < -0.39 is 18.0 Å². The minimum Gasteiger partial charge on any atom is -0.490 e. The lowest BCUT2D eigenvalue weighted by atomic mass is 10.0. The number of carboxylic acids is 1. The number of nitrogens with one attached hydrogen (secondary N) is 2. The third-order valence-electron chi connectivity index (χ3n) is 8.73. The van der Waals surface area contributed by atoms with Gasteiger partial charge in [-0.15, -0.1) is 0 Å². The summed E-state index contributed by atoms with van der Waals surface area (Å²) in [6, 6.07) is 10.8. The third kappa shape index (κ3) is 10.3. The van der Waals surface area contributed by atoms with Crippen LogP contribution >= 0.6 is 0 Å². The minimum absolute atomic E-state index is 0.122. The number of amides is 3. The van der Waals surface area contributed by atoms with Crippen molar-refractivity contribution < 1.29 is 38.6 Å². The van der Waals surface area contributed by atoms with E-state index in [2.05, 4.69) is 20.7 Å². The van der Waals surface area contributed by atoms with Gasteiger partial charge in [0.1, 0.15) is 17.1 Å². The molecule has 1 aliphatic heterocycles. The number of urea groups is 1. The number of aryl methyl sites for hydroxylation is 2. The Labute approximate surface area is 287 Å². The van der Waals surface area contributed by atoms with Crippen molar-refractivity contribution in [2.24, 2.45) is 5.92 Å². The number of hydrogen-bond acceptors (Lipinski definition) is 9. The van der Waals surface area contributed by atoms with Crippen LogP contribution in [0, 0.1) is 19.8 Å². The maximum Gasteiger partial charge on any atom is 0.335 e. The number of likely N-dealkylation sites (N-methyl/N-ethyl adjacent to an activating group) is 1. The molecule has 2 aromatic carbocycles. The molecule has 3 aromatic rings. The number of aliphatic hydroxyl groups is 1. The molecule has 4 rings (SSSR count). The van der Waals surface area contributed by atoms with Crippen molar-refractivity contribution in [3.63, 3.8) is 0 Å². The normalized spacial score (nSPS) is 19.8. The number of carboxylic acid groups (broad SMARTS) is 1. The summed E-state index contributed by atoms with van der Waals surface area (Å²) in [4.78, 5) is 42.3. The Morgan fingerprint density at radius 2 is 1.84 bits per heavy atom. The molecule has 2 heterocycles. The van der Waals surface area contributed by atoms with Crippen LogP contribution in [0.5, 0.6) is 5.75 Å². The molecule has 0 unspecified atom stereocenters. The second-order valence-electron chi connectivity index (χ2n) is 13.0. The number of benzene rings is 2. The largest absolute Gasteiger partial charge is 0.490 e. The molecule has 0 bridgehead atoms. The van der Waals surface area contributed by atoms with E-state index in [0.717, 1.165) is 24.8 Å². The zero-order chi connectivity index (χ0) is 35.7. The zero-order valence-corrected chi connectivity index (χ0v) is 29.2. The Balaban J connectivity index is 1.58. The van der Waals surface area contributed by atoms with Crippen molar-refractivity contribution >= 4 is 29.3 Å². The quantitative estimate of drug-likeness (QED) is 0.225. The number of anilines is 2. The molecule has 4 N–H and O–H groups in total. The van der Waals surface area contributed by atoms with Gasteiger partial charge in [-0.3, -0.25) is 9.69 Å². The summed E-state index contributed by atoms with van der Waals surface area (Å²) in [5.74, 6) is -0.556. The number of nitrogens with zero attached hydrogens (tertiary/aromatic N) is 3. The Hall–Kier alpha value is -4.46. The first-order valence-electron chi connectivity index (χ1n) is 16.7. The van der Waals surface area contributed by atoms with Gasteiger partial charge in [-0.05, 0) is 89.9 Å². The maximum atomic E-state index is 14.4. The van der Waals surface area contributed by atoms with Crippen LogP contribution in [0.4, 0.5) is 16.2 Å². The first-order chi connectivity index (χ1) is 23.4. The highest BCUT2D eigenvalue weighted by Crippen LogP contribution is 2.29. The Morgan fingerprint density at radius 3 is 2.49 bits per heavy atom. The van der Waals surface area contributed by atoms with Gasteiger partial charge in [-0.2, -0.15) is 0 Å². The van der Waals surface area contributed by atoms with E-state index in [0.29, 0.717) is 54.8 Å². The molecule has 266 valence electrons. The SMILES string of the molecule is Cc1noc(C)c1NC(=O)Nc1ccc2c(c1)C(=O)N([C@H](C)CO)C[C@@H](C)[C@@H](CN(C)Cc1ccc(C(=O)O)cc1)OCCCC[C@@H](C)O2. The van der Waals surface area contributed by atoms with Crippen LogP contribution in [-0.4, -0.2) is 94.7 Å². The van der Waals surface area contributed by atoms with Crippen LogP contribution in [0.15, 0.2) is 47.0 Å². The highest BCUT2D eigenvalue weighted by Gasteiger charge is 2.30. The van der Waals surface area contributed by atoms with Crippen LogP contribution in [0.25, 0.3) is 0 Å². The molecule has 0 aliphatic carbocycles. The summed E-state index contributed by atoms with van der Waals surface area (Å²) in [7, 11) is 1.98. The van der Waals surface area contributed by atoms with Crippen molar-refractivity contribution in [2.75, 3.05) is 44.0 Å². The second-order valence-corrected chi connectivity index (χ2v) is 13.0. The van der Waals surface area contributed by atoms with E-state index in [1.165, 1.54) is 0 Å². The van der Waals surface area contributed by atoms with Crippen LogP contribution in [0.2, 0.25) is 0 Å². The van der Waals surface area contributed by atoms with E-state index in [9.17, 15) is 24.6 Å². The topological polar surface area (TPSA) is 167 Å². The second kappa shape index (κ2) is 17.3. The molecule has 49 heavy (non-hydrogen) atoms. The lowest BCUT2D eigenvalue weighted by Gasteiger charge is -2.36. The molecule has 0 spiro atoms. The number of aromatic carboxylic acids is 1. The van der Waals surface area contributed by atoms with E-state index in [4.69, 9.17) is 14.0 Å². The summed E-state index contributed by atoms with van der Waals surface area (Å²) in [5.41, 5.74) is 2.88. The Kier molecular flexibility index (Phi) is 13.2. The standard InChI is InChI=1S/C36H49N5O8/c1-22-18-41(23(2)21-42)34(43)30-17-29(37-36(46)38-33-25(4)39-49-26(33)5)14-15-31(30)48-24(3)9-7-8-16-47-32(22)20-40(6)19-27-10-12-28(13-11-27)35(44)45/h10-15,17,22-24,32,42H,7-9,16,18-21H2,1-6H3,(H,44,45)(H2,37,38,46)/t22-,23-,24-,32-/m1/s1. The molecular formula is C36H49N5O8. The lowest BCUT2D eigenvalue weighted by Crippen LogP contribution is -2.47. The van der Waals surface area contributed by atoms with Gasteiger partial charge in [0.2, 0.25) is 0 Å². The van der Waals surface area contributed by atoms with Gasteiger partial charge < -0.3 is 39.7 Å². The predicted molar refractivity (Wildman–Crippen MR) is 185 cm³/mol. The highest BCUT2D eigenvalue weighted by atomic mass is 16.5. The van der Waals surface area contributed by atoms with Gasteiger partial charge in [0.15, 0.2) is 5.76 Å². The lowest BCUT2D eigenvalue weighted by molar-refractivity contribution is -0.0177. The van der Waals surface area contributed by atoms with Crippen molar-refractivity contribution in [3.8, 4) is 5.75 Å². The van der Waals surface area contributed by atoms with Gasteiger partial charge in [0.25, 0.3) is 5.91 Å². The van der Waals surface area contributed by atoms with Crippen molar-refractivity contribution in [3.05, 3.63) is 70.6 Å². The monoisotopic (exact) mass is 679 g/mol. The molecule has 0 saturated heterocycles. The van der Waals surface area contributed by atoms with Gasteiger partial charge in [0.05, 0.1) is 36.0 Å². The first-order valence-corrected chi connectivity index (χ1v) is 16.7. The van der Waals surface area contributed by atoms with Crippen LogP contribution < -0.4 is 15.4 Å². The van der Waals surface area contributed by atoms with Crippen LogP contribution in [-0.2, 0) is 11.3 Å². The fraction of sp³-hybridized carbons (Fsp3) is 0.500. The van der Waals surface area contributed by atoms with Gasteiger partial charge >= 0.3 is 12.0 Å². The van der Waals surface area contributed by atoms with Crippen LogP contribution in [0.1, 0.15) is 77.8 Å². The van der Waals surface area contributed by atoms with Gasteiger partial charge in [-0.25, -0.2) is 9.59 Å². The molecule has 1 aromatic heterocycles. The van der Waals surface area contributed by atoms with Crippen molar-refractivity contribution in [2.45, 2.75) is 78.7 Å². The van der Waals surface area contributed by atoms with Crippen molar-refractivity contribution in [1.29, 1.82) is 0 Å². The summed E-state index contributed by atoms with van der Waals surface area (Å²) in [5, 5.41) is 28.9. The number of rotatable bonds is 9. The number of aromatic nitrogens is 1. The van der Waals surface area contributed by atoms with E-state index in [-0.39, 0.29) is 41.8 Å². The maximum absolute atomic E-state index is 14.4. The van der Waals surface area contributed by atoms with Gasteiger partial charge in [-0.1, -0.05) is 24.2 Å². The molecule has 1 aliphatic rings. The molecular weight excluding hydrogens is 630 g/mol. The highest BCUT2D eigenvalue weighted by molar-refractivity contribution is 6.03. The summed E-state index contributed by atoms with van der Waals surface area (Å²) < 4.78 is 17.9. The average Bonchev–Trinajstić information content (AvgIpc) is 3.38. The molecule has 13 nitrogen and oxygen atoms in total. The van der Waals surface area contributed by atoms with Crippen LogP contribution in [0.3, 0.4) is 0 Å². The summed E-state index contributed by atoms with van der Waals surface area (Å²) in [6.07, 6.45) is 2.03. The van der Waals surface area contributed by atoms with E-state index >= 15 is 0 Å². The Morgan fingerprint density at radius 1 is 1.10 bits per heavy atom. The first kappa shape index (κ1) is 37.4. The molecule has 0 radical (unpaired) electrons. The van der Waals surface area contributed by atoms with E-state index in [1.807, 2.05) is 33.0 Å². The molecule has 0 saturated carbocycles. The van der Waals surface area contributed by atoms with Crippen molar-refractivity contribution in [1.82, 2.24) is 15.0 Å².